The lowest BCUT2D eigenvalue weighted by molar-refractivity contribution is -0.140. The molecule has 1 aromatic carbocycles. The van der Waals surface area contributed by atoms with Crippen LogP contribution in [-0.2, 0) is 18.0 Å². The van der Waals surface area contributed by atoms with Crippen molar-refractivity contribution in [2.45, 2.75) is 25.4 Å². The molecule has 27 heavy (non-hydrogen) atoms. The molecule has 1 saturated heterocycles. The zero-order valence-corrected chi connectivity index (χ0v) is 14.7. The van der Waals surface area contributed by atoms with Crippen LogP contribution in [0.5, 0.6) is 0 Å². The number of aromatic nitrogens is 1. The molecule has 5 nitrogen and oxygen atoms in total. The Morgan fingerprint density at radius 2 is 1.85 bits per heavy atom. The fourth-order valence-electron chi connectivity index (χ4n) is 4.30. The van der Waals surface area contributed by atoms with Crippen LogP contribution >= 0.6 is 0 Å². The Morgan fingerprint density at radius 3 is 2.41 bits per heavy atom. The molecule has 1 aliphatic heterocycles. The van der Waals surface area contributed by atoms with Gasteiger partial charge in [0.15, 0.2) is 0 Å². The molecule has 1 unspecified atom stereocenters. The van der Waals surface area contributed by atoms with E-state index in [4.69, 9.17) is 5.11 Å². The second-order valence-corrected chi connectivity index (χ2v) is 7.61. The summed E-state index contributed by atoms with van der Waals surface area (Å²) in [5.41, 5.74) is -0.0184. The van der Waals surface area contributed by atoms with Gasteiger partial charge in [-0.05, 0) is 48.9 Å². The van der Waals surface area contributed by atoms with Crippen molar-refractivity contribution in [1.29, 1.82) is 0 Å². The van der Waals surface area contributed by atoms with Crippen LogP contribution in [0.2, 0.25) is 0 Å². The molecule has 8 heteroatoms. The monoisotopic (exact) mass is 380 g/mol. The topological polar surface area (TPSA) is 62.5 Å². The third kappa shape index (κ3) is 2.87. The van der Waals surface area contributed by atoms with E-state index in [1.165, 1.54) is 12.1 Å². The highest BCUT2D eigenvalue weighted by atomic mass is 19.4. The number of aliphatic carboxylic acids is 1. The number of halogens is 3. The smallest absolute Gasteiger partial charge is 0.416 e. The van der Waals surface area contributed by atoms with E-state index in [1.807, 2.05) is 0 Å². The summed E-state index contributed by atoms with van der Waals surface area (Å²) < 4.78 is 40.4. The number of alkyl halides is 3. The number of carboxylic acid groups (broad SMARTS) is 1. The normalized spacial score (nSPS) is 21.6. The van der Waals surface area contributed by atoms with Crippen LogP contribution in [0.15, 0.2) is 24.3 Å². The number of rotatable bonds is 2. The van der Waals surface area contributed by atoms with Crippen LogP contribution in [0.25, 0.3) is 10.9 Å². The third-order valence-corrected chi connectivity index (χ3v) is 6.12. The number of fused-ring (bicyclic) bond motifs is 1. The number of piperidine rings is 1. The van der Waals surface area contributed by atoms with Gasteiger partial charge in [0.25, 0.3) is 5.91 Å². The molecule has 0 bridgehead atoms. The molecule has 1 N–H and O–H groups in total. The predicted octanol–water partition coefficient (Wildman–Crippen LogP) is 3.52. The largest absolute Gasteiger partial charge is 0.481 e. The van der Waals surface area contributed by atoms with E-state index in [9.17, 15) is 22.8 Å². The fourth-order valence-corrected chi connectivity index (χ4v) is 4.30. The van der Waals surface area contributed by atoms with Crippen LogP contribution in [-0.4, -0.2) is 39.5 Å². The zero-order valence-electron chi connectivity index (χ0n) is 14.7. The average molecular weight is 380 g/mol. The van der Waals surface area contributed by atoms with Crippen LogP contribution in [0.1, 0.15) is 35.3 Å². The predicted molar refractivity (Wildman–Crippen MR) is 91.2 cm³/mol. The van der Waals surface area contributed by atoms with Crippen LogP contribution in [0.3, 0.4) is 0 Å². The van der Waals surface area contributed by atoms with Gasteiger partial charge in [0.1, 0.15) is 5.69 Å². The standard InChI is InChI=1S/C19H19F3N2O3/c1-23-14-3-2-12(19(20,21)22)8-11(14)9-15(23)16(25)24-6-4-18(5-7-24)10-13(18)17(26)27/h2-3,8-9,13H,4-7,10H2,1H3,(H,26,27). The van der Waals surface area contributed by atoms with Crippen molar-refractivity contribution in [3.05, 3.63) is 35.5 Å². The maximum Gasteiger partial charge on any atom is 0.416 e. The molecule has 1 saturated carbocycles. The first-order valence-electron chi connectivity index (χ1n) is 8.81. The lowest BCUT2D eigenvalue weighted by Gasteiger charge is -2.32. The molecular weight excluding hydrogens is 361 g/mol. The van der Waals surface area contributed by atoms with E-state index in [-0.39, 0.29) is 17.2 Å². The molecule has 1 atom stereocenters. The average Bonchev–Trinajstić information content (AvgIpc) is 3.21. The van der Waals surface area contributed by atoms with Crippen molar-refractivity contribution in [2.24, 2.45) is 18.4 Å². The van der Waals surface area contributed by atoms with Gasteiger partial charge in [-0.2, -0.15) is 13.2 Å². The summed E-state index contributed by atoms with van der Waals surface area (Å²) >= 11 is 0. The summed E-state index contributed by atoms with van der Waals surface area (Å²) in [6.07, 6.45) is -2.46. The van der Waals surface area contributed by atoms with Gasteiger partial charge in [-0.1, -0.05) is 0 Å². The summed E-state index contributed by atoms with van der Waals surface area (Å²) in [5, 5.41) is 9.53. The number of carbonyl (C=O) groups excluding carboxylic acids is 1. The third-order valence-electron chi connectivity index (χ3n) is 6.12. The van der Waals surface area contributed by atoms with Gasteiger partial charge < -0.3 is 14.6 Å². The highest BCUT2D eigenvalue weighted by Crippen LogP contribution is 2.59. The summed E-state index contributed by atoms with van der Waals surface area (Å²) in [4.78, 5) is 25.7. The van der Waals surface area contributed by atoms with Crippen molar-refractivity contribution in [1.82, 2.24) is 9.47 Å². The Morgan fingerprint density at radius 1 is 1.19 bits per heavy atom. The minimum atomic E-state index is -4.43. The number of aryl methyl sites for hydroxylation is 1. The van der Waals surface area contributed by atoms with Crippen LogP contribution in [0.4, 0.5) is 13.2 Å². The Kier molecular flexibility index (Phi) is 3.80. The maximum atomic E-state index is 12.9. The van der Waals surface area contributed by atoms with Crippen molar-refractivity contribution in [2.75, 3.05) is 13.1 Å². The molecule has 2 heterocycles. The van der Waals surface area contributed by atoms with Gasteiger partial charge >= 0.3 is 12.1 Å². The minimum Gasteiger partial charge on any atom is -0.481 e. The van der Waals surface area contributed by atoms with E-state index in [1.54, 1.807) is 16.5 Å². The van der Waals surface area contributed by atoms with Gasteiger partial charge in [-0.25, -0.2) is 0 Å². The molecule has 1 aliphatic carbocycles. The minimum absolute atomic E-state index is 0.177. The molecule has 2 fully saturated rings. The van der Waals surface area contributed by atoms with E-state index in [0.717, 1.165) is 12.1 Å². The fraction of sp³-hybridized carbons (Fsp3) is 0.474. The molecule has 1 spiro atoms. The molecule has 144 valence electrons. The van der Waals surface area contributed by atoms with Gasteiger partial charge in [0.05, 0.1) is 11.5 Å². The number of hydrogen-bond donors (Lipinski definition) is 1. The summed E-state index contributed by atoms with van der Waals surface area (Å²) in [6, 6.07) is 4.94. The molecule has 1 amide bonds. The summed E-state index contributed by atoms with van der Waals surface area (Å²) in [5.74, 6) is -1.32. The number of amides is 1. The summed E-state index contributed by atoms with van der Waals surface area (Å²) in [7, 11) is 1.66. The van der Waals surface area contributed by atoms with Crippen molar-refractivity contribution in [3.63, 3.8) is 0 Å². The SMILES string of the molecule is Cn1c(C(=O)N2CCC3(CC2)CC3C(=O)O)cc2cc(C(F)(F)F)ccc21. The molecule has 4 rings (SSSR count). The molecular formula is C19H19F3N2O3. The number of carboxylic acids is 1. The number of nitrogens with zero attached hydrogens (tertiary/aromatic N) is 2. The van der Waals surface area contributed by atoms with Crippen molar-refractivity contribution >= 4 is 22.8 Å². The first-order valence-corrected chi connectivity index (χ1v) is 8.81. The number of benzene rings is 1. The van der Waals surface area contributed by atoms with Gasteiger partial charge in [0.2, 0.25) is 0 Å². The lowest BCUT2D eigenvalue weighted by atomic mass is 9.90. The van der Waals surface area contributed by atoms with E-state index < -0.39 is 17.7 Å². The molecule has 2 aliphatic rings. The van der Waals surface area contributed by atoms with E-state index >= 15 is 0 Å². The van der Waals surface area contributed by atoms with Crippen LogP contribution < -0.4 is 0 Å². The number of likely N-dealkylation sites (tertiary alicyclic amines) is 1. The number of hydrogen-bond acceptors (Lipinski definition) is 2. The quantitative estimate of drug-likeness (QED) is 0.867. The first-order chi connectivity index (χ1) is 12.6. The Labute approximate surface area is 153 Å². The van der Waals surface area contributed by atoms with E-state index in [0.29, 0.717) is 48.9 Å². The molecule has 2 aromatic rings. The highest BCUT2D eigenvalue weighted by molar-refractivity contribution is 5.99. The molecule has 0 radical (unpaired) electrons. The lowest BCUT2D eigenvalue weighted by Crippen LogP contribution is -2.40. The second-order valence-electron chi connectivity index (χ2n) is 7.61. The van der Waals surface area contributed by atoms with Gasteiger partial charge in [-0.15, -0.1) is 0 Å². The van der Waals surface area contributed by atoms with Crippen LogP contribution in [0, 0.1) is 11.3 Å². The van der Waals surface area contributed by atoms with Gasteiger partial charge in [-0.3, -0.25) is 9.59 Å². The first kappa shape index (κ1) is 17.9. The van der Waals surface area contributed by atoms with Crippen molar-refractivity contribution < 1.29 is 27.9 Å². The Bertz CT molecular complexity index is 940. The second kappa shape index (κ2) is 5.74. The highest BCUT2D eigenvalue weighted by Gasteiger charge is 2.59. The van der Waals surface area contributed by atoms with Gasteiger partial charge in [0, 0.05) is 31.0 Å². The zero-order chi connectivity index (χ0) is 19.6. The molecule has 1 aromatic heterocycles. The maximum absolute atomic E-state index is 12.9. The summed E-state index contributed by atoms with van der Waals surface area (Å²) in [6.45, 7) is 0.940. The van der Waals surface area contributed by atoms with E-state index in [2.05, 4.69) is 0 Å². The number of carbonyl (C=O) groups is 2. The Hall–Kier alpha value is -2.51. The van der Waals surface area contributed by atoms with Crippen molar-refractivity contribution in [3.8, 4) is 0 Å². The Balaban J connectivity index is 1.55.